The van der Waals surface area contributed by atoms with Gasteiger partial charge in [-0.3, -0.25) is 24.5 Å². The second-order valence-corrected chi connectivity index (χ2v) is 6.46. The van der Waals surface area contributed by atoms with Crippen LogP contribution in [0.3, 0.4) is 0 Å². The van der Waals surface area contributed by atoms with E-state index in [9.17, 15) is 19.7 Å². The van der Waals surface area contributed by atoms with Crippen LogP contribution in [0, 0.1) is 10.1 Å². The molecule has 0 saturated carbocycles. The largest absolute Gasteiger partial charge is 0.419 e. The average molecular weight is 523 g/mol. The highest BCUT2D eigenvalue weighted by Crippen LogP contribution is 2.20. The molecule has 11 heteroatoms. The number of non-ortho nitro benzene ring substituents is 1. The molecule has 2 aromatic carbocycles. The number of carbonyl (C=O) groups is 1. The zero-order valence-corrected chi connectivity index (χ0v) is 18.0. The van der Waals surface area contributed by atoms with Crippen LogP contribution < -0.4 is 16.4 Å². The van der Waals surface area contributed by atoms with Crippen LogP contribution >= 0.6 is 24.0 Å². The molecule has 2 heterocycles. The highest BCUT2D eigenvalue weighted by molar-refractivity contribution is 14.0. The summed E-state index contributed by atoms with van der Waals surface area (Å²) < 4.78 is 6.38. The first kappa shape index (κ1) is 21.5. The fraction of sp³-hybridized carbons (Fsp3) is 0.211. The maximum atomic E-state index is 12.5. The van der Waals surface area contributed by atoms with Crippen molar-refractivity contribution in [1.82, 2.24) is 9.88 Å². The van der Waals surface area contributed by atoms with Crippen LogP contribution in [0.2, 0.25) is 0 Å². The number of hydrogen-bond donors (Lipinski definition) is 2. The molecule has 156 valence electrons. The molecule has 0 saturated heterocycles. The van der Waals surface area contributed by atoms with Crippen LogP contribution in [0.1, 0.15) is 16.8 Å². The van der Waals surface area contributed by atoms with E-state index in [-0.39, 0.29) is 54.0 Å². The number of halogens is 1. The first-order valence-electron chi connectivity index (χ1n) is 8.98. The van der Waals surface area contributed by atoms with Crippen molar-refractivity contribution in [2.45, 2.75) is 13.0 Å². The van der Waals surface area contributed by atoms with Crippen molar-refractivity contribution in [3.8, 4) is 0 Å². The van der Waals surface area contributed by atoms with Crippen LogP contribution in [0.25, 0.3) is 11.1 Å². The van der Waals surface area contributed by atoms with E-state index in [1.165, 1.54) is 22.8 Å². The van der Waals surface area contributed by atoms with Crippen molar-refractivity contribution in [1.29, 1.82) is 0 Å². The molecule has 0 atom stereocenters. The van der Waals surface area contributed by atoms with Gasteiger partial charge in [0.25, 0.3) is 5.69 Å². The summed E-state index contributed by atoms with van der Waals surface area (Å²) in [5.41, 5.74) is 1.71. The van der Waals surface area contributed by atoms with E-state index in [1.54, 1.807) is 24.3 Å². The minimum atomic E-state index is -0.655. The van der Waals surface area contributed by atoms with E-state index >= 15 is 0 Å². The smallest absolute Gasteiger partial charge is 0.407 e. The first-order valence-corrected chi connectivity index (χ1v) is 8.98. The van der Waals surface area contributed by atoms with Crippen LogP contribution in [0.4, 0.5) is 11.4 Å². The number of fused-ring (bicyclic) bond motifs is 1. The summed E-state index contributed by atoms with van der Waals surface area (Å²) in [5, 5.41) is 17.1. The highest BCUT2D eigenvalue weighted by Gasteiger charge is 2.15. The minimum Gasteiger partial charge on any atom is -0.407 e. The number of carbonyl (C=O) groups excluding carboxylic acids is 1. The molecule has 4 rings (SSSR count). The number of rotatable bonds is 6. The Kier molecular flexibility index (Phi) is 6.50. The van der Waals surface area contributed by atoms with Crippen LogP contribution in [-0.2, 0) is 6.54 Å². The molecular weight excluding hydrogens is 505 g/mol. The summed E-state index contributed by atoms with van der Waals surface area (Å²) in [6, 6.07) is 10.9. The van der Waals surface area contributed by atoms with E-state index < -0.39 is 10.7 Å². The molecule has 0 radical (unpaired) electrons. The van der Waals surface area contributed by atoms with Gasteiger partial charge in [-0.2, -0.15) is 0 Å². The number of aliphatic imine (C=N–C) groups is 1. The van der Waals surface area contributed by atoms with Crippen molar-refractivity contribution in [2.75, 3.05) is 18.4 Å². The summed E-state index contributed by atoms with van der Waals surface area (Å²) in [5.74, 6) is -0.0794. The second-order valence-electron chi connectivity index (χ2n) is 6.46. The van der Waals surface area contributed by atoms with Crippen molar-refractivity contribution in [3.63, 3.8) is 0 Å². The zero-order valence-electron chi connectivity index (χ0n) is 15.7. The highest BCUT2D eigenvalue weighted by atomic mass is 127. The molecule has 3 aromatic rings. The third kappa shape index (κ3) is 4.50. The van der Waals surface area contributed by atoms with Crippen LogP contribution in [0.5, 0.6) is 0 Å². The lowest BCUT2D eigenvalue weighted by atomic mass is 10.1. The molecule has 0 amide bonds. The van der Waals surface area contributed by atoms with Gasteiger partial charge in [0.1, 0.15) is 0 Å². The van der Waals surface area contributed by atoms with Gasteiger partial charge < -0.3 is 15.1 Å². The molecule has 0 aliphatic carbocycles. The average Bonchev–Trinajstić information content (AvgIpc) is 3.33. The molecule has 1 aliphatic heterocycles. The van der Waals surface area contributed by atoms with Gasteiger partial charge in [0.2, 0.25) is 0 Å². The molecule has 30 heavy (non-hydrogen) atoms. The third-order valence-electron chi connectivity index (χ3n) is 4.57. The summed E-state index contributed by atoms with van der Waals surface area (Å²) in [6.07, 6.45) is 0.0898. The van der Waals surface area contributed by atoms with Crippen molar-refractivity contribution in [2.24, 2.45) is 4.99 Å². The molecular formula is C19H18IN5O5. The van der Waals surface area contributed by atoms with E-state index in [0.717, 1.165) is 18.8 Å². The Morgan fingerprint density at radius 2 is 2.03 bits per heavy atom. The number of oxazole rings is 1. The number of benzene rings is 2. The maximum Gasteiger partial charge on any atom is 0.419 e. The van der Waals surface area contributed by atoms with Crippen molar-refractivity contribution in [3.05, 3.63) is 68.7 Å². The Morgan fingerprint density at radius 3 is 2.70 bits per heavy atom. The number of nitro benzene ring substituents is 1. The van der Waals surface area contributed by atoms with Gasteiger partial charge >= 0.3 is 5.76 Å². The van der Waals surface area contributed by atoms with Gasteiger partial charge in [0.05, 0.1) is 23.1 Å². The number of nitrogens with zero attached hydrogens (tertiary/aromatic N) is 3. The number of nitrogens with one attached hydrogen (secondary N) is 2. The second kappa shape index (κ2) is 9.07. The monoisotopic (exact) mass is 523 g/mol. The van der Waals surface area contributed by atoms with E-state index in [2.05, 4.69) is 15.6 Å². The van der Waals surface area contributed by atoms with Gasteiger partial charge in [-0.25, -0.2) is 4.79 Å². The lowest BCUT2D eigenvalue weighted by molar-refractivity contribution is -0.384. The Labute approximate surface area is 187 Å². The number of guanidine groups is 1. The van der Waals surface area contributed by atoms with E-state index in [4.69, 9.17) is 4.42 Å². The third-order valence-corrected chi connectivity index (χ3v) is 4.57. The van der Waals surface area contributed by atoms with Gasteiger partial charge in [-0.1, -0.05) is 0 Å². The number of hydrogen-bond acceptors (Lipinski definition) is 8. The topological polar surface area (TPSA) is 132 Å². The number of nitro groups is 1. The molecule has 0 spiro atoms. The van der Waals surface area contributed by atoms with Gasteiger partial charge in [-0.15, -0.1) is 24.0 Å². The van der Waals surface area contributed by atoms with Crippen molar-refractivity contribution >= 4 is 58.2 Å². The Balaban J connectivity index is 0.00000256. The van der Waals surface area contributed by atoms with Gasteiger partial charge in [0, 0.05) is 36.8 Å². The SMILES string of the molecule is I.O=C(CCn1c(=O)oc2cc([N+](=O)[O-])ccc21)c1ccc(NC2=NCCN2)cc1. The van der Waals surface area contributed by atoms with Gasteiger partial charge in [0.15, 0.2) is 17.3 Å². The van der Waals surface area contributed by atoms with E-state index in [0.29, 0.717) is 17.0 Å². The predicted molar refractivity (Wildman–Crippen MR) is 122 cm³/mol. The number of aromatic nitrogens is 1. The lowest BCUT2D eigenvalue weighted by Gasteiger charge is -2.07. The Morgan fingerprint density at radius 1 is 1.27 bits per heavy atom. The van der Waals surface area contributed by atoms with Gasteiger partial charge in [-0.05, 0) is 30.3 Å². The lowest BCUT2D eigenvalue weighted by Crippen LogP contribution is -2.26. The fourth-order valence-corrected chi connectivity index (χ4v) is 3.10. The summed E-state index contributed by atoms with van der Waals surface area (Å²) in [4.78, 5) is 39.1. The number of anilines is 1. The molecule has 0 unspecified atom stereocenters. The molecule has 0 fully saturated rings. The Bertz CT molecular complexity index is 1180. The molecule has 10 nitrogen and oxygen atoms in total. The summed E-state index contributed by atoms with van der Waals surface area (Å²) >= 11 is 0. The Hall–Kier alpha value is -3.22. The fourth-order valence-electron chi connectivity index (χ4n) is 3.10. The molecule has 1 aromatic heterocycles. The number of Topliss-reactive ketones (excluding diaryl/α,β-unsaturated/α-hetero) is 1. The molecule has 2 N–H and O–H groups in total. The normalized spacial score (nSPS) is 12.7. The number of ketones is 1. The standard InChI is InChI=1S/C19H17N5O5.HI/c25-16(12-1-3-13(4-2-12)22-18-20-8-9-21-18)7-10-23-15-6-5-14(24(27)28)11-17(15)29-19(23)26;/h1-6,11H,7-10H2,(H2,20,21,22);1H. The maximum absolute atomic E-state index is 12.5. The van der Waals surface area contributed by atoms with Crippen LogP contribution in [0.15, 0.2) is 56.7 Å². The van der Waals surface area contributed by atoms with Crippen LogP contribution in [-0.4, -0.2) is 34.3 Å². The van der Waals surface area contributed by atoms with E-state index in [1.807, 2.05) is 0 Å². The first-order chi connectivity index (χ1) is 14.0. The summed E-state index contributed by atoms with van der Waals surface area (Å²) in [6.45, 7) is 1.64. The zero-order chi connectivity index (χ0) is 20.4. The number of aryl methyl sites for hydroxylation is 1. The minimum absolute atomic E-state index is 0. The van der Waals surface area contributed by atoms with Crippen molar-refractivity contribution < 1.29 is 14.1 Å². The summed E-state index contributed by atoms with van der Waals surface area (Å²) in [7, 11) is 0. The molecule has 0 bridgehead atoms. The quantitative estimate of drug-likeness (QED) is 0.220. The predicted octanol–water partition coefficient (Wildman–Crippen LogP) is 2.76. The molecule has 1 aliphatic rings.